The summed E-state index contributed by atoms with van der Waals surface area (Å²) >= 11 is 0. The minimum atomic E-state index is -4.81. The second-order valence-electron chi connectivity index (χ2n) is 6.13. The molecule has 1 N–H and O–H groups in total. The van der Waals surface area contributed by atoms with Crippen molar-refractivity contribution in [2.45, 2.75) is 32.3 Å². The molecule has 3 amide bonds. The van der Waals surface area contributed by atoms with Crippen LogP contribution in [0.25, 0.3) is 0 Å². The van der Waals surface area contributed by atoms with Gasteiger partial charge in [-0.15, -0.1) is 13.2 Å². The van der Waals surface area contributed by atoms with Crippen molar-refractivity contribution in [2.75, 3.05) is 0 Å². The van der Waals surface area contributed by atoms with Gasteiger partial charge in [-0.2, -0.15) is 0 Å². The molecule has 1 saturated heterocycles. The number of aryl methyl sites for hydroxylation is 1. The topological polar surface area (TPSA) is 84.4 Å². The van der Waals surface area contributed by atoms with E-state index in [0.717, 1.165) is 17.0 Å². The second kappa shape index (κ2) is 6.53. The maximum absolute atomic E-state index is 12.8. The van der Waals surface area contributed by atoms with E-state index in [1.165, 1.54) is 25.3 Å². The molecule has 10 heteroatoms. The summed E-state index contributed by atoms with van der Waals surface area (Å²) < 4.78 is 40.6. The summed E-state index contributed by atoms with van der Waals surface area (Å²) in [7, 11) is 0. The number of hydrogen-bond acceptors (Lipinski definition) is 5. The Balaban J connectivity index is 1.82. The van der Waals surface area contributed by atoms with Gasteiger partial charge in [0, 0.05) is 11.9 Å². The zero-order chi connectivity index (χ0) is 19.8. The van der Waals surface area contributed by atoms with E-state index in [1.807, 2.05) is 0 Å². The molecule has 142 valence electrons. The number of nitrogens with one attached hydrogen (secondary N) is 1. The van der Waals surface area contributed by atoms with E-state index < -0.39 is 29.6 Å². The smallest absolute Gasteiger partial charge is 0.406 e. The molecule has 2 heterocycles. The monoisotopic (exact) mass is 380 g/mol. The highest BCUT2D eigenvalue weighted by Gasteiger charge is 2.49. The lowest BCUT2D eigenvalue weighted by Crippen LogP contribution is -2.40. The Hall–Kier alpha value is -3.17. The lowest BCUT2D eigenvalue weighted by Gasteiger charge is -2.22. The molecule has 0 radical (unpaired) electrons. The molecule has 0 spiro atoms. The van der Waals surface area contributed by atoms with Crippen molar-refractivity contribution in [1.29, 1.82) is 0 Å². The van der Waals surface area contributed by atoms with Gasteiger partial charge < -0.3 is 10.1 Å². The van der Waals surface area contributed by atoms with Crippen LogP contribution in [0.1, 0.15) is 24.0 Å². The van der Waals surface area contributed by atoms with Crippen molar-refractivity contribution in [3.63, 3.8) is 0 Å². The van der Waals surface area contributed by atoms with E-state index in [9.17, 15) is 22.8 Å². The third kappa shape index (κ3) is 3.83. The number of imide groups is 1. The molecule has 0 bridgehead atoms. The Morgan fingerprint density at radius 3 is 2.44 bits per heavy atom. The molecule has 7 nitrogen and oxygen atoms in total. The number of ether oxygens (including phenoxy) is 1. The van der Waals surface area contributed by atoms with Crippen molar-refractivity contribution in [3.8, 4) is 5.75 Å². The van der Waals surface area contributed by atoms with Gasteiger partial charge in [0.25, 0.3) is 5.91 Å². The van der Waals surface area contributed by atoms with Crippen molar-refractivity contribution < 1.29 is 27.5 Å². The number of carbonyl (C=O) groups is 2. The standard InChI is InChI=1S/C17H15F3N4O3/c1-10-7-8-21-13(22-10)9-24-14(25)16(2,23-15(24)26)11-3-5-12(6-4-11)27-17(18,19)20/h3-8H,9H2,1-2H3,(H,23,26). The SMILES string of the molecule is Cc1ccnc(CN2C(=O)NC(C)(c3ccc(OC(F)(F)F)cc3)C2=O)n1. The fourth-order valence-corrected chi connectivity index (χ4v) is 2.74. The highest BCUT2D eigenvalue weighted by molar-refractivity contribution is 6.07. The predicted molar refractivity (Wildman–Crippen MR) is 86.3 cm³/mol. The van der Waals surface area contributed by atoms with Gasteiger partial charge in [0.05, 0.1) is 6.54 Å². The number of urea groups is 1. The van der Waals surface area contributed by atoms with E-state index in [4.69, 9.17) is 0 Å². The molecule has 1 fully saturated rings. The predicted octanol–water partition coefficient (Wildman–Crippen LogP) is 2.65. The molecule has 3 rings (SSSR count). The number of carbonyl (C=O) groups excluding carboxylic acids is 2. The van der Waals surface area contributed by atoms with Crippen LogP contribution in [0.3, 0.4) is 0 Å². The van der Waals surface area contributed by atoms with Crippen molar-refractivity contribution >= 4 is 11.9 Å². The molecule has 1 aromatic carbocycles. The zero-order valence-corrected chi connectivity index (χ0v) is 14.4. The van der Waals surface area contributed by atoms with Gasteiger partial charge in [0.1, 0.15) is 17.1 Å². The molecule has 1 aromatic heterocycles. The number of benzene rings is 1. The van der Waals surface area contributed by atoms with Gasteiger partial charge in [-0.05, 0) is 37.6 Å². The van der Waals surface area contributed by atoms with Gasteiger partial charge in [0.15, 0.2) is 0 Å². The van der Waals surface area contributed by atoms with E-state index in [2.05, 4.69) is 20.0 Å². The van der Waals surface area contributed by atoms with Crippen molar-refractivity contribution in [3.05, 3.63) is 53.6 Å². The Kier molecular flexibility index (Phi) is 4.50. The molecule has 1 unspecified atom stereocenters. The fraction of sp³-hybridized carbons (Fsp3) is 0.294. The number of aromatic nitrogens is 2. The largest absolute Gasteiger partial charge is 0.573 e. The number of nitrogens with zero attached hydrogens (tertiary/aromatic N) is 3. The van der Waals surface area contributed by atoms with Crippen molar-refractivity contribution in [1.82, 2.24) is 20.2 Å². The quantitative estimate of drug-likeness (QED) is 0.825. The molecule has 1 aliphatic heterocycles. The highest BCUT2D eigenvalue weighted by atomic mass is 19.4. The van der Waals surface area contributed by atoms with Crippen LogP contribution in [-0.2, 0) is 16.9 Å². The summed E-state index contributed by atoms with van der Waals surface area (Å²) in [6.45, 7) is 3.12. The average molecular weight is 380 g/mol. The first-order valence-electron chi connectivity index (χ1n) is 7.87. The molecule has 1 aliphatic rings. The van der Waals surface area contributed by atoms with Crippen LogP contribution in [0.5, 0.6) is 5.75 Å². The van der Waals surface area contributed by atoms with E-state index in [0.29, 0.717) is 17.1 Å². The van der Waals surface area contributed by atoms with Gasteiger partial charge in [-0.3, -0.25) is 9.69 Å². The summed E-state index contributed by atoms with van der Waals surface area (Å²) in [5.41, 5.74) is -0.407. The molecular weight excluding hydrogens is 365 g/mol. The number of hydrogen-bond donors (Lipinski definition) is 1. The maximum Gasteiger partial charge on any atom is 0.573 e. The van der Waals surface area contributed by atoms with E-state index in [-0.39, 0.29) is 6.54 Å². The van der Waals surface area contributed by atoms with E-state index in [1.54, 1.807) is 13.0 Å². The first-order chi connectivity index (χ1) is 12.6. The molecule has 0 aliphatic carbocycles. The minimum absolute atomic E-state index is 0.114. The summed E-state index contributed by atoms with van der Waals surface area (Å²) in [5, 5.41) is 2.57. The van der Waals surface area contributed by atoms with Crippen LogP contribution in [0.2, 0.25) is 0 Å². The highest BCUT2D eigenvalue weighted by Crippen LogP contribution is 2.31. The van der Waals surface area contributed by atoms with E-state index >= 15 is 0 Å². The second-order valence-corrected chi connectivity index (χ2v) is 6.13. The van der Waals surface area contributed by atoms with Gasteiger partial charge in [-0.1, -0.05) is 12.1 Å². The third-order valence-corrected chi connectivity index (χ3v) is 4.08. The van der Waals surface area contributed by atoms with Crippen LogP contribution in [-0.4, -0.2) is 33.2 Å². The summed E-state index contributed by atoms with van der Waals surface area (Å²) in [4.78, 5) is 34.3. The summed E-state index contributed by atoms with van der Waals surface area (Å²) in [6, 6.07) is 5.81. The van der Waals surface area contributed by atoms with Gasteiger partial charge >= 0.3 is 12.4 Å². The molecule has 0 saturated carbocycles. The maximum atomic E-state index is 12.8. The third-order valence-electron chi connectivity index (χ3n) is 4.08. The Morgan fingerprint density at radius 1 is 1.19 bits per heavy atom. The van der Waals surface area contributed by atoms with Crippen LogP contribution in [0.4, 0.5) is 18.0 Å². The number of halogens is 3. The van der Waals surface area contributed by atoms with Crippen LogP contribution < -0.4 is 10.1 Å². The lowest BCUT2D eigenvalue weighted by atomic mass is 9.92. The van der Waals surface area contributed by atoms with Gasteiger partial charge in [0.2, 0.25) is 0 Å². The first-order valence-corrected chi connectivity index (χ1v) is 7.87. The van der Waals surface area contributed by atoms with Crippen LogP contribution in [0, 0.1) is 6.92 Å². The Labute approximate surface area is 152 Å². The average Bonchev–Trinajstić information content (AvgIpc) is 2.78. The van der Waals surface area contributed by atoms with Gasteiger partial charge in [-0.25, -0.2) is 14.8 Å². The lowest BCUT2D eigenvalue weighted by molar-refractivity contribution is -0.274. The molecule has 27 heavy (non-hydrogen) atoms. The minimum Gasteiger partial charge on any atom is -0.406 e. The summed E-state index contributed by atoms with van der Waals surface area (Å²) in [5.74, 6) is -0.671. The number of alkyl halides is 3. The first kappa shape index (κ1) is 18.6. The van der Waals surface area contributed by atoms with Crippen LogP contribution in [0.15, 0.2) is 36.5 Å². The Bertz CT molecular complexity index is 886. The fourth-order valence-electron chi connectivity index (χ4n) is 2.74. The Morgan fingerprint density at radius 2 is 1.85 bits per heavy atom. The summed E-state index contributed by atoms with van der Waals surface area (Å²) in [6.07, 6.45) is -3.29. The number of amides is 3. The number of rotatable bonds is 4. The molecular formula is C17H15F3N4O3. The normalized spacial score (nSPS) is 20.0. The zero-order valence-electron chi connectivity index (χ0n) is 14.4. The molecule has 2 aromatic rings. The molecule has 1 atom stereocenters. The van der Waals surface area contributed by atoms with Crippen molar-refractivity contribution in [2.24, 2.45) is 0 Å². The van der Waals surface area contributed by atoms with Crippen LogP contribution >= 0.6 is 0 Å².